The van der Waals surface area contributed by atoms with Crippen LogP contribution in [0.2, 0.25) is 10.0 Å². The minimum Gasteiger partial charge on any atom is -0.277 e. The molecule has 0 saturated heterocycles. The van der Waals surface area contributed by atoms with Crippen molar-refractivity contribution in [1.82, 2.24) is 20.2 Å². The highest BCUT2D eigenvalue weighted by molar-refractivity contribution is 6.31. The third-order valence-corrected chi connectivity index (χ3v) is 4.98. The lowest BCUT2D eigenvalue weighted by Crippen LogP contribution is -2.32. The summed E-state index contributed by atoms with van der Waals surface area (Å²) in [6.07, 6.45) is 5.87. The van der Waals surface area contributed by atoms with Crippen molar-refractivity contribution in [2.75, 3.05) is 0 Å². The number of hydrazone groups is 1. The van der Waals surface area contributed by atoms with Gasteiger partial charge in [0, 0.05) is 44.7 Å². The number of carbonyl (C=O) groups excluding carboxylic acids is 2. The number of halogens is 2. The predicted molar refractivity (Wildman–Crippen MR) is 123 cm³/mol. The van der Waals surface area contributed by atoms with Crippen molar-refractivity contribution in [3.63, 3.8) is 0 Å². The Balaban J connectivity index is 1.71. The van der Waals surface area contributed by atoms with Crippen molar-refractivity contribution in [3.8, 4) is 11.3 Å². The number of nitrogens with zero attached hydrogens (tertiary/aromatic N) is 4. The summed E-state index contributed by atoms with van der Waals surface area (Å²) in [5.41, 5.74) is 2.53. The monoisotopic (exact) mass is 463 g/mol. The summed E-state index contributed by atoms with van der Waals surface area (Å²) >= 11 is 12.0. The number of pyridine rings is 1. The van der Waals surface area contributed by atoms with Crippen molar-refractivity contribution in [1.29, 1.82) is 0 Å². The number of nitrogens with one attached hydrogen (secondary N) is 1. The summed E-state index contributed by atoms with van der Waals surface area (Å²) in [6.45, 7) is 0. The SMILES string of the molecule is O=C(c1ccncc1)N(N=Cc1cn[nH]c1-c1cccc(Cl)c1)C(=O)c1ccc(Cl)cc1. The van der Waals surface area contributed by atoms with Gasteiger partial charge in [0.15, 0.2) is 0 Å². The topological polar surface area (TPSA) is 91.3 Å². The molecular weight excluding hydrogens is 449 g/mol. The molecule has 2 amide bonds. The number of carbonyl (C=O) groups is 2. The highest BCUT2D eigenvalue weighted by Gasteiger charge is 2.24. The van der Waals surface area contributed by atoms with Crippen molar-refractivity contribution in [2.24, 2.45) is 5.10 Å². The molecule has 0 bridgehead atoms. The van der Waals surface area contributed by atoms with Crippen LogP contribution in [0, 0.1) is 0 Å². The Morgan fingerprint density at radius 2 is 1.59 bits per heavy atom. The van der Waals surface area contributed by atoms with Crippen LogP contribution >= 0.6 is 23.2 Å². The first-order valence-electron chi connectivity index (χ1n) is 9.40. The number of aromatic nitrogens is 3. The first-order valence-corrected chi connectivity index (χ1v) is 10.2. The van der Waals surface area contributed by atoms with E-state index >= 15 is 0 Å². The van der Waals surface area contributed by atoms with Gasteiger partial charge in [-0.3, -0.25) is 19.7 Å². The van der Waals surface area contributed by atoms with Crippen molar-refractivity contribution in [2.45, 2.75) is 0 Å². The predicted octanol–water partition coefficient (Wildman–Crippen LogP) is 5.10. The molecule has 7 nitrogen and oxygen atoms in total. The van der Waals surface area contributed by atoms with E-state index in [-0.39, 0.29) is 11.1 Å². The third kappa shape index (κ3) is 4.74. The Morgan fingerprint density at radius 3 is 2.28 bits per heavy atom. The molecule has 0 aliphatic rings. The smallest absolute Gasteiger partial charge is 0.277 e. The van der Waals surface area contributed by atoms with Crippen LogP contribution in [0.25, 0.3) is 11.3 Å². The fourth-order valence-corrected chi connectivity index (χ4v) is 3.23. The third-order valence-electron chi connectivity index (χ3n) is 4.50. The molecule has 0 unspecified atom stereocenters. The molecule has 0 fully saturated rings. The van der Waals surface area contributed by atoms with Crippen LogP contribution in [-0.2, 0) is 0 Å². The zero-order valence-corrected chi connectivity index (χ0v) is 18.0. The number of amides is 2. The summed E-state index contributed by atoms with van der Waals surface area (Å²) in [4.78, 5) is 30.1. The van der Waals surface area contributed by atoms with E-state index in [4.69, 9.17) is 23.2 Å². The average Bonchev–Trinajstić information content (AvgIpc) is 3.28. The molecule has 32 heavy (non-hydrogen) atoms. The van der Waals surface area contributed by atoms with Crippen LogP contribution in [0.1, 0.15) is 26.3 Å². The second-order valence-corrected chi connectivity index (χ2v) is 7.49. The van der Waals surface area contributed by atoms with Crippen molar-refractivity contribution >= 4 is 41.2 Å². The van der Waals surface area contributed by atoms with Crippen LogP contribution in [0.3, 0.4) is 0 Å². The van der Waals surface area contributed by atoms with Gasteiger partial charge >= 0.3 is 0 Å². The van der Waals surface area contributed by atoms with Crippen LogP contribution < -0.4 is 0 Å². The number of imide groups is 1. The number of aromatic amines is 1. The maximum Gasteiger partial charge on any atom is 0.281 e. The van der Waals surface area contributed by atoms with Crippen LogP contribution in [0.5, 0.6) is 0 Å². The van der Waals surface area contributed by atoms with Crippen LogP contribution in [0.4, 0.5) is 0 Å². The summed E-state index contributed by atoms with van der Waals surface area (Å²) in [7, 11) is 0. The summed E-state index contributed by atoms with van der Waals surface area (Å²) in [5.74, 6) is -1.20. The minimum absolute atomic E-state index is 0.260. The van der Waals surface area contributed by atoms with E-state index in [9.17, 15) is 9.59 Å². The van der Waals surface area contributed by atoms with E-state index in [1.165, 1.54) is 42.9 Å². The van der Waals surface area contributed by atoms with Gasteiger partial charge in [-0.1, -0.05) is 35.3 Å². The van der Waals surface area contributed by atoms with E-state index in [2.05, 4.69) is 20.3 Å². The highest BCUT2D eigenvalue weighted by atomic mass is 35.5. The molecule has 0 aliphatic heterocycles. The zero-order valence-electron chi connectivity index (χ0n) is 16.4. The molecule has 4 rings (SSSR count). The first-order chi connectivity index (χ1) is 15.5. The standard InChI is InChI=1S/C23H15Cl2N5O2/c24-19-6-4-15(5-7-19)22(31)30(23(32)16-8-10-26-11-9-16)28-14-18-13-27-29-21(18)17-2-1-3-20(25)12-17/h1-14H,(H,27,29). The fraction of sp³-hybridized carbons (Fsp3) is 0. The minimum atomic E-state index is -0.604. The number of benzene rings is 2. The second kappa shape index (κ2) is 9.55. The Morgan fingerprint density at radius 1 is 0.906 bits per heavy atom. The number of H-pyrrole nitrogens is 1. The van der Waals surface area contributed by atoms with Gasteiger partial charge in [-0.2, -0.15) is 15.2 Å². The van der Waals surface area contributed by atoms with Gasteiger partial charge in [-0.25, -0.2) is 0 Å². The maximum atomic E-state index is 13.1. The Labute approximate surface area is 193 Å². The molecule has 4 aromatic rings. The Kier molecular flexibility index (Phi) is 6.39. The van der Waals surface area contributed by atoms with Gasteiger partial charge in [0.25, 0.3) is 11.8 Å². The van der Waals surface area contributed by atoms with Crippen LogP contribution in [-0.4, -0.2) is 38.2 Å². The van der Waals surface area contributed by atoms with E-state index in [0.29, 0.717) is 21.3 Å². The molecule has 0 aliphatic carbocycles. The molecule has 1 N–H and O–H groups in total. The van der Waals surface area contributed by atoms with Gasteiger partial charge in [0.2, 0.25) is 0 Å². The molecule has 0 atom stereocenters. The van der Waals surface area contributed by atoms with Gasteiger partial charge in [0.05, 0.1) is 18.1 Å². The Hall–Kier alpha value is -3.81. The normalized spacial score (nSPS) is 10.9. The average molecular weight is 464 g/mol. The molecule has 0 radical (unpaired) electrons. The number of hydrogen-bond donors (Lipinski definition) is 1. The van der Waals surface area contributed by atoms with Gasteiger partial charge in [0.1, 0.15) is 0 Å². The first kappa shape index (κ1) is 21.4. The molecular formula is C23H15Cl2N5O2. The maximum absolute atomic E-state index is 13.1. The fourth-order valence-electron chi connectivity index (χ4n) is 2.92. The molecule has 2 aromatic carbocycles. The highest BCUT2D eigenvalue weighted by Crippen LogP contribution is 2.23. The molecule has 0 spiro atoms. The Bertz CT molecular complexity index is 1290. The summed E-state index contributed by atoms with van der Waals surface area (Å²) in [6, 6.07) is 16.4. The molecule has 158 valence electrons. The number of hydrogen-bond acceptors (Lipinski definition) is 5. The lowest BCUT2D eigenvalue weighted by atomic mass is 10.1. The van der Waals surface area contributed by atoms with Gasteiger partial charge in [-0.15, -0.1) is 0 Å². The molecule has 2 aromatic heterocycles. The molecule has 9 heteroatoms. The zero-order chi connectivity index (χ0) is 22.5. The van der Waals surface area contributed by atoms with Gasteiger partial charge < -0.3 is 0 Å². The largest absolute Gasteiger partial charge is 0.281 e. The molecule has 2 heterocycles. The van der Waals surface area contributed by atoms with E-state index < -0.39 is 11.8 Å². The van der Waals surface area contributed by atoms with Crippen molar-refractivity contribution in [3.05, 3.63) is 106 Å². The lowest BCUT2D eigenvalue weighted by molar-refractivity contribution is 0.0622. The van der Waals surface area contributed by atoms with Crippen molar-refractivity contribution < 1.29 is 9.59 Å². The molecule has 0 saturated carbocycles. The quantitative estimate of drug-likeness (QED) is 0.253. The van der Waals surface area contributed by atoms with Gasteiger partial charge in [-0.05, 0) is 48.5 Å². The van der Waals surface area contributed by atoms with E-state index in [0.717, 1.165) is 10.6 Å². The van der Waals surface area contributed by atoms with E-state index in [1.54, 1.807) is 30.5 Å². The van der Waals surface area contributed by atoms with Crippen LogP contribution in [0.15, 0.2) is 84.4 Å². The summed E-state index contributed by atoms with van der Waals surface area (Å²) < 4.78 is 0. The summed E-state index contributed by atoms with van der Waals surface area (Å²) in [5, 5.41) is 13.0. The van der Waals surface area contributed by atoms with E-state index in [1.807, 2.05) is 12.1 Å². The number of rotatable bonds is 5. The second-order valence-electron chi connectivity index (χ2n) is 6.62. The lowest BCUT2D eigenvalue weighted by Gasteiger charge is -2.15.